The first kappa shape index (κ1) is 30.8. The number of ether oxygens (including phenoxy) is 3. The maximum absolute atomic E-state index is 12.1. The topological polar surface area (TPSA) is 146 Å². The molecule has 0 aliphatic carbocycles. The van der Waals surface area contributed by atoms with Crippen molar-refractivity contribution < 1.29 is 32.3 Å². The lowest BCUT2D eigenvalue weighted by molar-refractivity contribution is 0.168. The number of aromatic nitrogens is 6. The third-order valence-corrected chi connectivity index (χ3v) is 8.43. The highest BCUT2D eigenvalue weighted by Gasteiger charge is 2.19. The Hall–Kier alpha value is -2.45. The summed E-state index contributed by atoms with van der Waals surface area (Å²) in [6.45, 7) is 6.25. The quantitative estimate of drug-likeness (QED) is 0.293. The number of hydroxylamine groups is 1. The molecule has 0 fully saturated rings. The van der Waals surface area contributed by atoms with Crippen LogP contribution in [0.5, 0.6) is 12.0 Å². The summed E-state index contributed by atoms with van der Waals surface area (Å²) in [4.78, 5) is 24.5. The van der Waals surface area contributed by atoms with Crippen LogP contribution < -0.4 is 15.0 Å². The smallest absolute Gasteiger partial charge is 0.437 e. The molecule has 0 aliphatic rings. The molecular formula is C18H24BrN7O7S4. The van der Waals surface area contributed by atoms with E-state index < -0.39 is 23.2 Å². The number of halogens is 1. The van der Waals surface area contributed by atoms with E-state index in [0.29, 0.717) is 28.6 Å². The molecule has 1 unspecified atom stereocenters. The van der Waals surface area contributed by atoms with Crippen LogP contribution in [0.3, 0.4) is 0 Å². The SMILES string of the molecule is CCOc1nn(C(=O)NOS(=O)c2c(Br)csc2C)c(=S)n1C.CCOc1nn(C(=O)OC)c(=S)n1C. The molecule has 0 bridgehead atoms. The molecule has 204 valence electrons. The lowest BCUT2D eigenvalue weighted by Gasteiger charge is -2.04. The molecular weight excluding hydrogens is 634 g/mol. The van der Waals surface area contributed by atoms with Gasteiger partial charge in [0.1, 0.15) is 0 Å². The van der Waals surface area contributed by atoms with Gasteiger partial charge in [0.05, 0.1) is 25.2 Å². The molecule has 0 aromatic carbocycles. The van der Waals surface area contributed by atoms with Crippen molar-refractivity contribution in [1.82, 2.24) is 34.2 Å². The van der Waals surface area contributed by atoms with Gasteiger partial charge in [-0.1, -0.05) is 0 Å². The number of amides is 1. The third-order valence-electron chi connectivity index (χ3n) is 4.22. The summed E-state index contributed by atoms with van der Waals surface area (Å²) in [5, 5.41) is 9.57. The summed E-state index contributed by atoms with van der Waals surface area (Å²) in [5.74, 6) is 0. The average molecular weight is 659 g/mol. The fourth-order valence-corrected chi connectivity index (χ4v) is 5.68. The van der Waals surface area contributed by atoms with Crippen LogP contribution in [0.1, 0.15) is 18.7 Å². The van der Waals surface area contributed by atoms with Crippen molar-refractivity contribution in [1.29, 1.82) is 0 Å². The molecule has 19 heteroatoms. The van der Waals surface area contributed by atoms with Crippen LogP contribution in [0.4, 0.5) is 9.59 Å². The van der Waals surface area contributed by atoms with E-state index in [2.05, 4.69) is 36.3 Å². The van der Waals surface area contributed by atoms with Gasteiger partial charge in [0.15, 0.2) is 0 Å². The molecule has 0 saturated heterocycles. The number of hydrogen-bond donors (Lipinski definition) is 1. The van der Waals surface area contributed by atoms with Crippen LogP contribution in [0.15, 0.2) is 14.7 Å². The summed E-state index contributed by atoms with van der Waals surface area (Å²) in [7, 11) is 4.55. The first-order chi connectivity index (χ1) is 17.5. The molecule has 37 heavy (non-hydrogen) atoms. The zero-order valence-electron chi connectivity index (χ0n) is 20.5. The summed E-state index contributed by atoms with van der Waals surface area (Å²) < 4.78 is 37.7. The number of thiophene rings is 1. The van der Waals surface area contributed by atoms with Crippen molar-refractivity contribution in [2.24, 2.45) is 14.1 Å². The molecule has 0 radical (unpaired) electrons. The molecule has 1 amide bonds. The van der Waals surface area contributed by atoms with E-state index >= 15 is 0 Å². The Labute approximate surface area is 236 Å². The van der Waals surface area contributed by atoms with Crippen molar-refractivity contribution in [3.8, 4) is 12.0 Å². The molecule has 3 aromatic heterocycles. The summed E-state index contributed by atoms with van der Waals surface area (Å²) >= 11 is 12.9. The number of carbonyl (C=O) groups excluding carboxylic acids is 2. The monoisotopic (exact) mass is 657 g/mol. The lowest BCUT2D eigenvalue weighted by atomic mass is 10.5. The van der Waals surface area contributed by atoms with Crippen LogP contribution in [-0.4, -0.2) is 65.4 Å². The molecule has 3 heterocycles. The van der Waals surface area contributed by atoms with Crippen molar-refractivity contribution in [3.05, 3.63) is 24.3 Å². The van der Waals surface area contributed by atoms with Gasteiger partial charge in [-0.2, -0.15) is 9.76 Å². The van der Waals surface area contributed by atoms with Gasteiger partial charge >= 0.3 is 24.1 Å². The molecule has 0 aliphatic heterocycles. The second kappa shape index (κ2) is 13.9. The Morgan fingerprint density at radius 2 is 1.59 bits per heavy atom. The van der Waals surface area contributed by atoms with E-state index in [1.807, 2.05) is 6.92 Å². The minimum absolute atomic E-state index is 0.119. The first-order valence-electron chi connectivity index (χ1n) is 10.3. The van der Waals surface area contributed by atoms with Gasteiger partial charge in [0.2, 0.25) is 20.6 Å². The number of nitrogens with zero attached hydrogens (tertiary/aromatic N) is 6. The van der Waals surface area contributed by atoms with Crippen LogP contribution in [0.2, 0.25) is 0 Å². The maximum Gasteiger partial charge on any atom is 0.437 e. The average Bonchev–Trinajstić information content (AvgIpc) is 3.46. The minimum atomic E-state index is -1.86. The Kier molecular flexibility index (Phi) is 11.6. The van der Waals surface area contributed by atoms with Crippen molar-refractivity contribution in [2.45, 2.75) is 25.7 Å². The Morgan fingerprint density at radius 3 is 2.05 bits per heavy atom. The molecule has 3 aromatic rings. The van der Waals surface area contributed by atoms with Gasteiger partial charge in [0.25, 0.3) is 0 Å². The van der Waals surface area contributed by atoms with E-state index in [0.717, 1.165) is 14.2 Å². The van der Waals surface area contributed by atoms with Gasteiger partial charge in [-0.15, -0.1) is 30.9 Å². The summed E-state index contributed by atoms with van der Waals surface area (Å²) in [5.41, 5.74) is 2.07. The summed E-state index contributed by atoms with van der Waals surface area (Å²) in [6.07, 6.45) is -0.628. The van der Waals surface area contributed by atoms with Gasteiger partial charge in [-0.25, -0.2) is 13.8 Å². The third kappa shape index (κ3) is 7.32. The van der Waals surface area contributed by atoms with E-state index in [-0.39, 0.29) is 15.6 Å². The van der Waals surface area contributed by atoms with Crippen LogP contribution in [0.25, 0.3) is 0 Å². The van der Waals surface area contributed by atoms with E-state index in [9.17, 15) is 13.8 Å². The molecule has 1 atom stereocenters. The van der Waals surface area contributed by atoms with Crippen molar-refractivity contribution >= 4 is 74.9 Å². The van der Waals surface area contributed by atoms with Gasteiger partial charge < -0.3 is 14.2 Å². The predicted octanol–water partition coefficient (Wildman–Crippen LogP) is 3.66. The minimum Gasteiger partial charge on any atom is -0.464 e. The highest BCUT2D eigenvalue weighted by Crippen LogP contribution is 2.29. The van der Waals surface area contributed by atoms with Gasteiger partial charge in [0, 0.05) is 28.8 Å². The van der Waals surface area contributed by atoms with Crippen molar-refractivity contribution in [3.63, 3.8) is 0 Å². The fraction of sp³-hybridized carbons (Fsp3) is 0.444. The number of aryl methyl sites for hydroxylation is 1. The molecule has 0 saturated carbocycles. The zero-order chi connectivity index (χ0) is 27.9. The molecule has 1 N–H and O–H groups in total. The van der Waals surface area contributed by atoms with Gasteiger partial charge in [-0.3, -0.25) is 9.13 Å². The van der Waals surface area contributed by atoms with Crippen LogP contribution in [-0.2, 0) is 34.2 Å². The van der Waals surface area contributed by atoms with Crippen LogP contribution in [0, 0.1) is 16.5 Å². The van der Waals surface area contributed by atoms with Gasteiger partial charge in [-0.05, 0) is 61.1 Å². The zero-order valence-corrected chi connectivity index (χ0v) is 25.4. The number of nitrogens with one attached hydrogen (secondary N) is 1. The van der Waals surface area contributed by atoms with Crippen LogP contribution >= 0.6 is 51.7 Å². The first-order valence-corrected chi connectivity index (χ1v) is 13.8. The van der Waals surface area contributed by atoms with Crippen molar-refractivity contribution in [2.75, 3.05) is 20.3 Å². The normalized spacial score (nSPS) is 11.3. The molecule has 14 nitrogen and oxygen atoms in total. The number of methoxy groups -OCH3 is 1. The Balaban J connectivity index is 0.000000294. The number of rotatable bonds is 7. The second-order valence-corrected chi connectivity index (χ2v) is 10.3. The standard InChI is InChI=1S/C11H13BrN4O4S3.C7H11N3O3S/c1-4-19-10-13-16(11(21)15(10)3)9(17)14-20-23(18)8-6(2)22-5-7(8)12;1-4-13-5-8-10(7(11)12-3)6(14)9(5)2/h5H,4H2,1-3H3,(H,14,17);4H2,1-3H3. The predicted molar refractivity (Wildman–Crippen MR) is 142 cm³/mol. The number of carbonyl (C=O) groups is 2. The highest BCUT2D eigenvalue weighted by molar-refractivity contribution is 9.10. The highest BCUT2D eigenvalue weighted by atomic mass is 79.9. The lowest BCUT2D eigenvalue weighted by Crippen LogP contribution is -2.30. The van der Waals surface area contributed by atoms with E-state index in [4.69, 9.17) is 38.2 Å². The van der Waals surface area contributed by atoms with E-state index in [1.165, 1.54) is 27.6 Å². The Morgan fingerprint density at radius 1 is 1.08 bits per heavy atom. The van der Waals surface area contributed by atoms with E-state index in [1.54, 1.807) is 33.3 Å². The summed E-state index contributed by atoms with van der Waals surface area (Å²) in [6, 6.07) is -0.276. The fourth-order valence-electron chi connectivity index (χ4n) is 2.46. The second-order valence-electron chi connectivity index (χ2n) is 6.60. The largest absolute Gasteiger partial charge is 0.464 e. The number of hydrogen-bond acceptors (Lipinski definition) is 12. The maximum atomic E-state index is 12.1. The Bertz CT molecular complexity index is 1390. The molecule has 3 rings (SSSR count). The molecule has 0 spiro atoms.